The van der Waals surface area contributed by atoms with Crippen LogP contribution in [-0.2, 0) is 17.8 Å². The molecule has 1 aromatic rings. The van der Waals surface area contributed by atoms with Crippen LogP contribution in [0.1, 0.15) is 33.0 Å². The summed E-state index contributed by atoms with van der Waals surface area (Å²) < 4.78 is 7.51. The van der Waals surface area contributed by atoms with Crippen LogP contribution in [0.25, 0.3) is 0 Å². The first kappa shape index (κ1) is 19.7. The Kier molecular flexibility index (Phi) is 8.14. The zero-order valence-electron chi connectivity index (χ0n) is 16.0. The van der Waals surface area contributed by atoms with Gasteiger partial charge in [0.05, 0.1) is 19.8 Å². The fourth-order valence-electron chi connectivity index (χ4n) is 3.13. The van der Waals surface area contributed by atoms with Crippen LogP contribution in [0.2, 0.25) is 0 Å². The van der Waals surface area contributed by atoms with Crippen LogP contribution < -0.4 is 10.6 Å². The van der Waals surface area contributed by atoms with Crippen LogP contribution in [-0.4, -0.2) is 71.6 Å². The van der Waals surface area contributed by atoms with Gasteiger partial charge in [-0.1, -0.05) is 13.8 Å². The fourth-order valence-corrected chi connectivity index (χ4v) is 3.13. The van der Waals surface area contributed by atoms with E-state index in [9.17, 15) is 0 Å². The van der Waals surface area contributed by atoms with Gasteiger partial charge >= 0.3 is 0 Å². The number of ether oxygens (including phenoxy) is 1. The summed E-state index contributed by atoms with van der Waals surface area (Å²) in [5.74, 6) is 2.37. The molecule has 0 amide bonds. The molecule has 0 radical (unpaired) electrons. The van der Waals surface area contributed by atoms with Crippen LogP contribution in [0.3, 0.4) is 0 Å². The zero-order chi connectivity index (χ0) is 18.1. The average Bonchev–Trinajstić information content (AvgIpc) is 3.08. The average molecular weight is 351 g/mol. The molecular formula is C17H33N7O. The fraction of sp³-hybridized carbons (Fsp3) is 0.824. The molecule has 1 atom stereocenters. The maximum absolute atomic E-state index is 5.49. The predicted molar refractivity (Wildman–Crippen MR) is 99.5 cm³/mol. The van der Waals surface area contributed by atoms with E-state index in [2.05, 4.69) is 51.5 Å². The number of aliphatic imine (C=N–C) groups is 1. The molecule has 0 bridgehead atoms. The third kappa shape index (κ3) is 6.28. The zero-order valence-corrected chi connectivity index (χ0v) is 16.0. The van der Waals surface area contributed by atoms with Crippen molar-refractivity contribution < 1.29 is 4.74 Å². The van der Waals surface area contributed by atoms with Crippen LogP contribution in [0.5, 0.6) is 0 Å². The van der Waals surface area contributed by atoms with Crippen molar-refractivity contribution in [2.45, 2.75) is 46.3 Å². The molecule has 1 aliphatic heterocycles. The Bertz CT molecular complexity index is 523. The normalized spacial score (nSPS) is 17.7. The monoisotopic (exact) mass is 351 g/mol. The van der Waals surface area contributed by atoms with Crippen LogP contribution in [0, 0.1) is 5.92 Å². The summed E-state index contributed by atoms with van der Waals surface area (Å²) in [5, 5.41) is 14.9. The molecule has 2 heterocycles. The van der Waals surface area contributed by atoms with E-state index in [4.69, 9.17) is 4.74 Å². The quantitative estimate of drug-likeness (QED) is 0.530. The second kappa shape index (κ2) is 10.4. The maximum Gasteiger partial charge on any atom is 0.191 e. The topological polar surface area (TPSA) is 79.6 Å². The molecule has 25 heavy (non-hydrogen) atoms. The summed E-state index contributed by atoms with van der Waals surface area (Å²) in [6, 6.07) is 0.488. The minimum Gasteiger partial charge on any atom is -0.379 e. The summed E-state index contributed by atoms with van der Waals surface area (Å²) in [7, 11) is 1.80. The third-order valence-corrected chi connectivity index (χ3v) is 4.48. The number of nitrogens with one attached hydrogen (secondary N) is 2. The van der Waals surface area contributed by atoms with E-state index in [1.165, 1.54) is 0 Å². The molecule has 0 saturated carbocycles. The Labute approximate surface area is 151 Å². The molecular weight excluding hydrogens is 318 g/mol. The summed E-state index contributed by atoms with van der Waals surface area (Å²) in [4.78, 5) is 6.86. The van der Waals surface area contributed by atoms with Crippen LogP contribution in [0.4, 0.5) is 0 Å². The summed E-state index contributed by atoms with van der Waals surface area (Å²) in [5.41, 5.74) is 0. The van der Waals surface area contributed by atoms with E-state index in [0.717, 1.165) is 57.6 Å². The predicted octanol–water partition coefficient (Wildman–Crippen LogP) is 0.710. The number of aromatic nitrogens is 3. The molecule has 0 aromatic carbocycles. The summed E-state index contributed by atoms with van der Waals surface area (Å²) in [6.07, 6.45) is 2.92. The van der Waals surface area contributed by atoms with Crippen molar-refractivity contribution >= 4 is 5.96 Å². The molecule has 1 aromatic heterocycles. The highest BCUT2D eigenvalue weighted by Gasteiger charge is 2.22. The highest BCUT2D eigenvalue weighted by atomic mass is 16.5. The minimum atomic E-state index is 0.488. The number of guanidine groups is 1. The van der Waals surface area contributed by atoms with Gasteiger partial charge in [0.15, 0.2) is 11.8 Å². The van der Waals surface area contributed by atoms with Gasteiger partial charge in [0.2, 0.25) is 0 Å². The molecule has 0 spiro atoms. The molecule has 2 N–H and O–H groups in total. The van der Waals surface area contributed by atoms with Crippen molar-refractivity contribution in [3.05, 3.63) is 12.2 Å². The van der Waals surface area contributed by atoms with Crippen molar-refractivity contribution in [2.75, 3.05) is 39.9 Å². The first-order chi connectivity index (χ1) is 12.1. The number of nitrogens with zero attached hydrogens (tertiary/aromatic N) is 5. The third-order valence-electron chi connectivity index (χ3n) is 4.48. The highest BCUT2D eigenvalue weighted by molar-refractivity contribution is 5.79. The first-order valence-corrected chi connectivity index (χ1v) is 9.27. The number of aryl methyl sites for hydroxylation is 1. The lowest BCUT2D eigenvalue weighted by atomic mass is 10.0. The van der Waals surface area contributed by atoms with E-state index in [-0.39, 0.29) is 0 Å². The largest absolute Gasteiger partial charge is 0.379 e. The lowest BCUT2D eigenvalue weighted by Crippen LogP contribution is -2.51. The molecule has 8 heteroatoms. The molecule has 1 fully saturated rings. The van der Waals surface area contributed by atoms with Gasteiger partial charge in [-0.05, 0) is 19.3 Å². The van der Waals surface area contributed by atoms with Gasteiger partial charge in [0, 0.05) is 39.3 Å². The smallest absolute Gasteiger partial charge is 0.191 e. The molecule has 8 nitrogen and oxygen atoms in total. The van der Waals surface area contributed by atoms with E-state index in [1.807, 2.05) is 4.57 Å². The van der Waals surface area contributed by atoms with Crippen molar-refractivity contribution in [2.24, 2.45) is 10.9 Å². The van der Waals surface area contributed by atoms with Gasteiger partial charge < -0.3 is 19.9 Å². The van der Waals surface area contributed by atoms with E-state index >= 15 is 0 Å². The standard InChI is InChI=1S/C17H33N7O/c1-5-23-13-21-22-16(23)12-20-17(18-4)19-11-15(10-14(2)3)24-6-8-25-9-7-24/h13-15H,5-12H2,1-4H3,(H2,18,19,20). The van der Waals surface area contributed by atoms with Crippen LogP contribution in [0.15, 0.2) is 11.3 Å². The Morgan fingerprint density at radius 1 is 1.32 bits per heavy atom. The van der Waals surface area contributed by atoms with Gasteiger partial charge in [0.1, 0.15) is 6.33 Å². The van der Waals surface area contributed by atoms with Crippen molar-refractivity contribution in [1.82, 2.24) is 30.3 Å². The molecule has 1 aliphatic rings. The second-order valence-electron chi connectivity index (χ2n) is 6.77. The number of hydrogen-bond donors (Lipinski definition) is 2. The summed E-state index contributed by atoms with van der Waals surface area (Å²) >= 11 is 0. The lowest BCUT2D eigenvalue weighted by Gasteiger charge is -2.35. The van der Waals surface area contributed by atoms with Crippen molar-refractivity contribution in [3.8, 4) is 0 Å². The maximum atomic E-state index is 5.49. The van der Waals surface area contributed by atoms with Gasteiger partial charge in [-0.15, -0.1) is 10.2 Å². The van der Waals surface area contributed by atoms with Gasteiger partial charge in [0.25, 0.3) is 0 Å². The molecule has 0 aliphatic carbocycles. The number of hydrogen-bond acceptors (Lipinski definition) is 5. The van der Waals surface area contributed by atoms with Gasteiger partial charge in [-0.25, -0.2) is 0 Å². The summed E-state index contributed by atoms with van der Waals surface area (Å²) in [6.45, 7) is 12.6. The SMILES string of the molecule is CCn1cnnc1CNC(=NC)NCC(CC(C)C)N1CCOCC1. The van der Waals surface area contributed by atoms with Crippen molar-refractivity contribution in [1.29, 1.82) is 0 Å². The van der Waals surface area contributed by atoms with E-state index < -0.39 is 0 Å². The molecule has 142 valence electrons. The van der Waals surface area contributed by atoms with E-state index in [0.29, 0.717) is 18.5 Å². The van der Waals surface area contributed by atoms with Crippen LogP contribution >= 0.6 is 0 Å². The number of rotatable bonds is 8. The van der Waals surface area contributed by atoms with E-state index in [1.54, 1.807) is 13.4 Å². The van der Waals surface area contributed by atoms with Gasteiger partial charge in [-0.3, -0.25) is 9.89 Å². The Hall–Kier alpha value is -1.67. The van der Waals surface area contributed by atoms with Gasteiger partial charge in [-0.2, -0.15) is 0 Å². The molecule has 1 unspecified atom stereocenters. The molecule has 1 saturated heterocycles. The Morgan fingerprint density at radius 3 is 2.72 bits per heavy atom. The second-order valence-corrected chi connectivity index (χ2v) is 6.77. The Morgan fingerprint density at radius 2 is 2.08 bits per heavy atom. The molecule has 2 rings (SSSR count). The Balaban J connectivity index is 1.85. The number of morpholine rings is 1. The minimum absolute atomic E-state index is 0.488. The highest BCUT2D eigenvalue weighted by Crippen LogP contribution is 2.13. The lowest BCUT2D eigenvalue weighted by molar-refractivity contribution is 0.0132. The van der Waals surface area contributed by atoms with Crippen molar-refractivity contribution in [3.63, 3.8) is 0 Å². The first-order valence-electron chi connectivity index (χ1n) is 9.27.